The van der Waals surface area contributed by atoms with E-state index in [-0.39, 0.29) is 34.1 Å². The minimum atomic E-state index is -0.794. The normalized spacial score (nSPS) is 10.7. The minimum Gasteiger partial charge on any atom is -0.454 e. The number of ether oxygens (including phenoxy) is 1. The standard InChI is InChI=1S/C28H19F2N5O4/c1-31-27(37)23-15-20(10-12-32-23)39-24-9-6-18(14-22(24)30)34-26(36)21-13-16-3-2-11-33-25(16)35(28(21)38)19-7-4-17(29)5-8-19/h2-15H,1H3,(H,31,37)(H,34,36). The van der Waals surface area contributed by atoms with Crippen molar-refractivity contribution in [1.82, 2.24) is 19.9 Å². The van der Waals surface area contributed by atoms with E-state index >= 15 is 0 Å². The quantitative estimate of drug-likeness (QED) is 0.337. The van der Waals surface area contributed by atoms with E-state index in [1.54, 1.807) is 12.1 Å². The molecule has 0 fully saturated rings. The molecule has 3 heterocycles. The first-order valence-corrected chi connectivity index (χ1v) is 11.6. The molecule has 2 N–H and O–H groups in total. The molecule has 194 valence electrons. The number of halogens is 2. The van der Waals surface area contributed by atoms with Gasteiger partial charge in [0, 0.05) is 42.6 Å². The van der Waals surface area contributed by atoms with E-state index in [9.17, 15) is 23.2 Å². The summed E-state index contributed by atoms with van der Waals surface area (Å²) < 4.78 is 35.1. The lowest BCUT2D eigenvalue weighted by molar-refractivity contribution is 0.0957. The van der Waals surface area contributed by atoms with Crippen molar-refractivity contribution in [3.8, 4) is 17.2 Å². The molecule has 0 unspecified atom stereocenters. The van der Waals surface area contributed by atoms with Crippen molar-refractivity contribution in [2.75, 3.05) is 12.4 Å². The van der Waals surface area contributed by atoms with Gasteiger partial charge in [0.05, 0.1) is 5.69 Å². The van der Waals surface area contributed by atoms with Crippen molar-refractivity contribution in [3.63, 3.8) is 0 Å². The van der Waals surface area contributed by atoms with Gasteiger partial charge >= 0.3 is 0 Å². The smallest absolute Gasteiger partial charge is 0.269 e. The van der Waals surface area contributed by atoms with Gasteiger partial charge in [-0.15, -0.1) is 0 Å². The predicted molar refractivity (Wildman–Crippen MR) is 139 cm³/mol. The van der Waals surface area contributed by atoms with Crippen LogP contribution in [0.3, 0.4) is 0 Å². The summed E-state index contributed by atoms with van der Waals surface area (Å²) in [5, 5.41) is 5.46. The zero-order valence-electron chi connectivity index (χ0n) is 20.3. The van der Waals surface area contributed by atoms with Crippen LogP contribution < -0.4 is 20.9 Å². The highest BCUT2D eigenvalue weighted by molar-refractivity contribution is 6.05. The zero-order valence-corrected chi connectivity index (χ0v) is 20.3. The first-order chi connectivity index (χ1) is 18.8. The lowest BCUT2D eigenvalue weighted by Crippen LogP contribution is -2.29. The second kappa shape index (κ2) is 10.5. The summed E-state index contributed by atoms with van der Waals surface area (Å²) in [5.41, 5.74) is -0.132. The molecule has 11 heteroatoms. The van der Waals surface area contributed by atoms with Crippen LogP contribution in [0.4, 0.5) is 14.5 Å². The molecule has 5 aromatic rings. The molecule has 3 aromatic heterocycles. The van der Waals surface area contributed by atoms with Crippen LogP contribution in [0.15, 0.2) is 90.0 Å². The van der Waals surface area contributed by atoms with E-state index in [1.807, 2.05) is 0 Å². The van der Waals surface area contributed by atoms with E-state index in [2.05, 4.69) is 20.6 Å². The fourth-order valence-corrected chi connectivity index (χ4v) is 3.85. The minimum absolute atomic E-state index is 0.0737. The van der Waals surface area contributed by atoms with Crippen molar-refractivity contribution in [2.45, 2.75) is 0 Å². The van der Waals surface area contributed by atoms with Crippen molar-refractivity contribution < 1.29 is 23.1 Å². The van der Waals surface area contributed by atoms with Gasteiger partial charge in [0.1, 0.15) is 28.5 Å². The molecule has 0 radical (unpaired) electrons. The van der Waals surface area contributed by atoms with Crippen molar-refractivity contribution in [1.29, 1.82) is 0 Å². The lowest BCUT2D eigenvalue weighted by atomic mass is 10.1. The van der Waals surface area contributed by atoms with E-state index in [1.165, 1.54) is 78.6 Å². The summed E-state index contributed by atoms with van der Waals surface area (Å²) in [6, 6.07) is 16.5. The van der Waals surface area contributed by atoms with Crippen LogP contribution in [0.5, 0.6) is 11.5 Å². The Balaban J connectivity index is 1.43. The fraction of sp³-hybridized carbons (Fsp3) is 0.0357. The van der Waals surface area contributed by atoms with Crippen LogP contribution in [-0.2, 0) is 0 Å². The van der Waals surface area contributed by atoms with Gasteiger partial charge in [0.25, 0.3) is 17.4 Å². The molecule has 0 aliphatic carbocycles. The second-order valence-electron chi connectivity index (χ2n) is 8.25. The Bertz CT molecular complexity index is 1790. The van der Waals surface area contributed by atoms with Gasteiger partial charge < -0.3 is 15.4 Å². The highest BCUT2D eigenvalue weighted by atomic mass is 19.1. The van der Waals surface area contributed by atoms with Gasteiger partial charge in [0.2, 0.25) is 0 Å². The van der Waals surface area contributed by atoms with Crippen molar-refractivity contribution >= 4 is 28.5 Å². The largest absolute Gasteiger partial charge is 0.454 e. The molecule has 2 aromatic carbocycles. The van der Waals surface area contributed by atoms with E-state index in [0.29, 0.717) is 11.1 Å². The van der Waals surface area contributed by atoms with E-state index in [0.717, 1.165) is 6.07 Å². The maximum Gasteiger partial charge on any atom is 0.269 e. The highest BCUT2D eigenvalue weighted by Gasteiger charge is 2.19. The zero-order chi connectivity index (χ0) is 27.5. The Morgan fingerprint density at radius 3 is 2.44 bits per heavy atom. The van der Waals surface area contributed by atoms with Gasteiger partial charge in [-0.2, -0.15) is 0 Å². The molecule has 0 saturated carbocycles. The third-order valence-corrected chi connectivity index (χ3v) is 5.70. The molecular formula is C28H19F2N5O4. The summed E-state index contributed by atoms with van der Waals surface area (Å²) in [5.74, 6) is -2.45. The third kappa shape index (κ3) is 5.18. The molecule has 0 saturated heterocycles. The molecule has 0 bridgehead atoms. The Labute approximate surface area is 219 Å². The van der Waals surface area contributed by atoms with Crippen LogP contribution >= 0.6 is 0 Å². The van der Waals surface area contributed by atoms with Gasteiger partial charge in [0.15, 0.2) is 11.6 Å². The molecular weight excluding hydrogens is 508 g/mol. The number of amides is 2. The average molecular weight is 527 g/mol. The third-order valence-electron chi connectivity index (χ3n) is 5.70. The van der Waals surface area contributed by atoms with Crippen LogP contribution in [0, 0.1) is 11.6 Å². The Hall–Kier alpha value is -5.45. The molecule has 0 aliphatic rings. The number of pyridine rings is 3. The summed E-state index contributed by atoms with van der Waals surface area (Å²) >= 11 is 0. The number of fused-ring (bicyclic) bond motifs is 1. The first kappa shape index (κ1) is 25.2. The number of carbonyl (C=O) groups excluding carboxylic acids is 2. The maximum absolute atomic E-state index is 14.8. The molecule has 5 rings (SSSR count). The molecule has 0 spiro atoms. The number of nitrogens with zero attached hydrogens (tertiary/aromatic N) is 3. The number of nitrogens with one attached hydrogen (secondary N) is 2. The number of benzene rings is 2. The van der Waals surface area contributed by atoms with E-state index in [4.69, 9.17) is 4.74 Å². The Morgan fingerprint density at radius 1 is 0.897 bits per heavy atom. The topological polar surface area (TPSA) is 115 Å². The number of aromatic nitrogens is 3. The fourth-order valence-electron chi connectivity index (χ4n) is 3.85. The molecule has 0 aliphatic heterocycles. The number of anilines is 1. The number of hydrogen-bond donors (Lipinski definition) is 2. The van der Waals surface area contributed by atoms with Crippen molar-refractivity contribution in [2.24, 2.45) is 0 Å². The summed E-state index contributed by atoms with van der Waals surface area (Å²) in [6.07, 6.45) is 2.85. The Morgan fingerprint density at radius 2 is 1.69 bits per heavy atom. The maximum atomic E-state index is 14.8. The Kier molecular flexibility index (Phi) is 6.79. The van der Waals surface area contributed by atoms with Gasteiger partial charge in [-0.1, -0.05) is 0 Å². The van der Waals surface area contributed by atoms with Crippen LogP contribution in [0.2, 0.25) is 0 Å². The SMILES string of the molecule is CNC(=O)c1cc(Oc2ccc(NC(=O)c3cc4cccnc4n(-c4ccc(F)cc4)c3=O)cc2F)ccn1. The number of rotatable bonds is 6. The van der Waals surface area contributed by atoms with Crippen molar-refractivity contribution in [3.05, 3.63) is 118 Å². The second-order valence-corrected chi connectivity index (χ2v) is 8.25. The molecule has 9 nitrogen and oxygen atoms in total. The predicted octanol–water partition coefficient (Wildman–Crippen LogP) is 4.46. The monoisotopic (exact) mass is 527 g/mol. The van der Waals surface area contributed by atoms with E-state index < -0.39 is 29.0 Å². The highest BCUT2D eigenvalue weighted by Crippen LogP contribution is 2.27. The van der Waals surface area contributed by atoms with Gasteiger partial charge in [-0.05, 0) is 60.7 Å². The van der Waals surface area contributed by atoms with Gasteiger partial charge in [-0.25, -0.2) is 13.8 Å². The van der Waals surface area contributed by atoms with Crippen LogP contribution in [0.25, 0.3) is 16.7 Å². The average Bonchev–Trinajstić information content (AvgIpc) is 2.94. The summed E-state index contributed by atoms with van der Waals surface area (Å²) in [6.45, 7) is 0. The molecule has 0 atom stereocenters. The van der Waals surface area contributed by atoms with Crippen LogP contribution in [0.1, 0.15) is 20.8 Å². The number of carbonyl (C=O) groups is 2. The van der Waals surface area contributed by atoms with Gasteiger partial charge in [-0.3, -0.25) is 23.9 Å². The van der Waals surface area contributed by atoms with Crippen LogP contribution in [-0.4, -0.2) is 33.4 Å². The lowest BCUT2D eigenvalue weighted by Gasteiger charge is -2.13. The number of hydrogen-bond acceptors (Lipinski definition) is 6. The molecule has 39 heavy (non-hydrogen) atoms. The summed E-state index contributed by atoms with van der Waals surface area (Å²) in [4.78, 5) is 46.4. The summed E-state index contributed by atoms with van der Waals surface area (Å²) in [7, 11) is 1.46. The first-order valence-electron chi connectivity index (χ1n) is 11.6. The molecule has 2 amide bonds.